The summed E-state index contributed by atoms with van der Waals surface area (Å²) >= 11 is 0. The predicted octanol–water partition coefficient (Wildman–Crippen LogP) is 2.88. The van der Waals surface area contributed by atoms with Gasteiger partial charge in [0.1, 0.15) is 12.0 Å². The Morgan fingerprint density at radius 1 is 1.06 bits per heavy atom. The molecule has 4 heteroatoms. The van der Waals surface area contributed by atoms with Gasteiger partial charge in [-0.05, 0) is 17.7 Å². The number of phenolic OH excluding ortho intramolecular Hbond substituents is 1. The van der Waals surface area contributed by atoms with E-state index in [9.17, 15) is 9.90 Å². The van der Waals surface area contributed by atoms with Crippen LogP contribution < -0.4 is 5.73 Å². The fraction of sp³-hybridized carbons (Fsp3) is 0. The number of aldehydes is 1. The molecule has 0 heterocycles. The van der Waals surface area contributed by atoms with E-state index in [-0.39, 0.29) is 18.2 Å². The lowest BCUT2D eigenvalue weighted by atomic mass is 10.0. The first-order valence-electron chi connectivity index (χ1n) is 4.85. The number of rotatable bonds is 2. The molecule has 2 aromatic rings. The zero-order chi connectivity index (χ0) is 11.5. The molecule has 0 aliphatic heterocycles. The summed E-state index contributed by atoms with van der Waals surface area (Å²) in [6.45, 7) is 0. The van der Waals surface area contributed by atoms with Gasteiger partial charge in [-0.15, -0.1) is 12.4 Å². The van der Waals surface area contributed by atoms with Crippen molar-refractivity contribution >= 4 is 24.4 Å². The Morgan fingerprint density at radius 3 is 2.24 bits per heavy atom. The SMILES string of the molecule is Cl.Nc1cccc(O)c1-c1ccc(C=O)cc1. The second-order valence-electron chi connectivity index (χ2n) is 3.48. The molecule has 0 radical (unpaired) electrons. The molecular weight excluding hydrogens is 238 g/mol. The number of aromatic hydroxyl groups is 1. The zero-order valence-corrected chi connectivity index (χ0v) is 9.78. The molecule has 0 aliphatic carbocycles. The zero-order valence-electron chi connectivity index (χ0n) is 8.96. The molecule has 0 bridgehead atoms. The number of hydrogen-bond acceptors (Lipinski definition) is 3. The number of carbonyl (C=O) groups excluding carboxylic acids is 1. The molecule has 3 nitrogen and oxygen atoms in total. The third-order valence-electron chi connectivity index (χ3n) is 2.41. The van der Waals surface area contributed by atoms with E-state index in [2.05, 4.69) is 0 Å². The van der Waals surface area contributed by atoms with Crippen LogP contribution in [0.1, 0.15) is 10.4 Å². The molecule has 88 valence electrons. The van der Waals surface area contributed by atoms with Crippen LogP contribution in [-0.4, -0.2) is 11.4 Å². The van der Waals surface area contributed by atoms with Gasteiger partial charge in [0.25, 0.3) is 0 Å². The number of phenols is 1. The van der Waals surface area contributed by atoms with Crippen LogP contribution in [0.2, 0.25) is 0 Å². The number of anilines is 1. The first-order valence-corrected chi connectivity index (χ1v) is 4.85. The van der Waals surface area contributed by atoms with Crippen molar-refractivity contribution in [2.45, 2.75) is 0 Å². The number of benzene rings is 2. The predicted molar refractivity (Wildman–Crippen MR) is 70.6 cm³/mol. The maximum absolute atomic E-state index is 10.5. The van der Waals surface area contributed by atoms with Crippen LogP contribution in [0.5, 0.6) is 5.75 Å². The first-order chi connectivity index (χ1) is 7.72. The van der Waals surface area contributed by atoms with Crippen molar-refractivity contribution in [1.82, 2.24) is 0 Å². The lowest BCUT2D eigenvalue weighted by Crippen LogP contribution is -1.90. The molecule has 0 saturated carbocycles. The largest absolute Gasteiger partial charge is 0.507 e. The minimum Gasteiger partial charge on any atom is -0.507 e. The van der Waals surface area contributed by atoms with Crippen LogP contribution in [0.4, 0.5) is 5.69 Å². The number of nitrogens with two attached hydrogens (primary N) is 1. The Morgan fingerprint density at radius 2 is 1.71 bits per heavy atom. The highest BCUT2D eigenvalue weighted by Gasteiger charge is 2.07. The van der Waals surface area contributed by atoms with Crippen LogP contribution in [0, 0.1) is 0 Å². The monoisotopic (exact) mass is 249 g/mol. The van der Waals surface area contributed by atoms with Crippen LogP contribution in [0.25, 0.3) is 11.1 Å². The summed E-state index contributed by atoms with van der Waals surface area (Å²) in [6, 6.07) is 11.9. The number of nitrogen functional groups attached to an aromatic ring is 1. The maximum Gasteiger partial charge on any atom is 0.150 e. The maximum atomic E-state index is 10.5. The van der Waals surface area contributed by atoms with Crippen molar-refractivity contribution in [1.29, 1.82) is 0 Å². The van der Waals surface area contributed by atoms with Gasteiger partial charge in [0.05, 0.1) is 0 Å². The summed E-state index contributed by atoms with van der Waals surface area (Å²) in [4.78, 5) is 10.5. The summed E-state index contributed by atoms with van der Waals surface area (Å²) in [5, 5.41) is 9.72. The molecular formula is C13H12ClNO2. The van der Waals surface area contributed by atoms with Crippen LogP contribution >= 0.6 is 12.4 Å². The van der Waals surface area contributed by atoms with E-state index < -0.39 is 0 Å². The van der Waals surface area contributed by atoms with Crippen molar-refractivity contribution in [3.05, 3.63) is 48.0 Å². The third-order valence-corrected chi connectivity index (χ3v) is 2.41. The second-order valence-corrected chi connectivity index (χ2v) is 3.48. The minimum absolute atomic E-state index is 0. The molecule has 0 atom stereocenters. The standard InChI is InChI=1S/C13H11NO2.ClH/c14-11-2-1-3-12(16)13(11)10-6-4-9(8-15)5-7-10;/h1-8,16H,14H2;1H. The van der Waals surface area contributed by atoms with Crippen LogP contribution in [0.3, 0.4) is 0 Å². The fourth-order valence-electron chi connectivity index (χ4n) is 1.60. The normalized spacial score (nSPS) is 9.41. The van der Waals surface area contributed by atoms with E-state index in [0.717, 1.165) is 11.8 Å². The molecule has 0 unspecified atom stereocenters. The quantitative estimate of drug-likeness (QED) is 0.635. The highest BCUT2D eigenvalue weighted by molar-refractivity contribution is 5.85. The second kappa shape index (κ2) is 5.37. The molecule has 2 rings (SSSR count). The van der Waals surface area contributed by atoms with Crippen molar-refractivity contribution in [3.63, 3.8) is 0 Å². The van der Waals surface area contributed by atoms with E-state index in [4.69, 9.17) is 5.73 Å². The Kier molecular flexibility index (Phi) is 4.12. The number of halogens is 1. The van der Waals surface area contributed by atoms with Crippen LogP contribution in [-0.2, 0) is 0 Å². The summed E-state index contributed by atoms with van der Waals surface area (Å²) in [7, 11) is 0. The highest BCUT2D eigenvalue weighted by Crippen LogP contribution is 2.34. The Bertz CT molecular complexity index is 503. The van der Waals surface area contributed by atoms with E-state index in [1.54, 1.807) is 42.5 Å². The number of hydrogen-bond donors (Lipinski definition) is 2. The number of carbonyl (C=O) groups is 1. The minimum atomic E-state index is 0. The van der Waals surface area contributed by atoms with Gasteiger partial charge in [0.15, 0.2) is 0 Å². The summed E-state index contributed by atoms with van der Waals surface area (Å²) in [5.41, 5.74) is 8.29. The molecule has 0 aliphatic rings. The van der Waals surface area contributed by atoms with E-state index in [1.807, 2.05) is 0 Å². The first kappa shape index (κ1) is 13.1. The van der Waals surface area contributed by atoms with E-state index in [1.165, 1.54) is 0 Å². The van der Waals surface area contributed by atoms with Gasteiger partial charge in [0, 0.05) is 16.8 Å². The summed E-state index contributed by atoms with van der Waals surface area (Å²) in [5.74, 6) is 0.138. The van der Waals surface area contributed by atoms with Gasteiger partial charge in [-0.25, -0.2) is 0 Å². The van der Waals surface area contributed by atoms with Gasteiger partial charge >= 0.3 is 0 Å². The highest BCUT2D eigenvalue weighted by atomic mass is 35.5. The Hall–Kier alpha value is -2.00. The lowest BCUT2D eigenvalue weighted by Gasteiger charge is -2.08. The lowest BCUT2D eigenvalue weighted by molar-refractivity contribution is 0.112. The average Bonchev–Trinajstić information content (AvgIpc) is 2.30. The Balaban J connectivity index is 0.00000144. The van der Waals surface area contributed by atoms with E-state index >= 15 is 0 Å². The van der Waals surface area contributed by atoms with Crippen molar-refractivity contribution in [2.24, 2.45) is 0 Å². The summed E-state index contributed by atoms with van der Waals surface area (Å²) in [6.07, 6.45) is 0.776. The molecule has 0 aromatic heterocycles. The van der Waals surface area contributed by atoms with Crippen molar-refractivity contribution < 1.29 is 9.90 Å². The average molecular weight is 250 g/mol. The molecule has 0 spiro atoms. The molecule has 0 fully saturated rings. The fourth-order valence-corrected chi connectivity index (χ4v) is 1.60. The van der Waals surface area contributed by atoms with Crippen molar-refractivity contribution in [3.8, 4) is 16.9 Å². The molecule has 3 N–H and O–H groups in total. The van der Waals surface area contributed by atoms with Gasteiger partial charge in [-0.1, -0.05) is 30.3 Å². The van der Waals surface area contributed by atoms with E-state index in [0.29, 0.717) is 16.8 Å². The topological polar surface area (TPSA) is 63.3 Å². The third kappa shape index (κ3) is 2.57. The van der Waals surface area contributed by atoms with Gasteiger partial charge in [-0.3, -0.25) is 4.79 Å². The van der Waals surface area contributed by atoms with Gasteiger partial charge in [0.2, 0.25) is 0 Å². The molecule has 0 saturated heterocycles. The summed E-state index contributed by atoms with van der Waals surface area (Å²) < 4.78 is 0. The molecule has 2 aromatic carbocycles. The van der Waals surface area contributed by atoms with Crippen molar-refractivity contribution in [2.75, 3.05) is 5.73 Å². The molecule has 0 amide bonds. The van der Waals surface area contributed by atoms with Gasteiger partial charge < -0.3 is 10.8 Å². The van der Waals surface area contributed by atoms with Gasteiger partial charge in [-0.2, -0.15) is 0 Å². The smallest absolute Gasteiger partial charge is 0.150 e. The van der Waals surface area contributed by atoms with Crippen LogP contribution in [0.15, 0.2) is 42.5 Å². The molecule has 17 heavy (non-hydrogen) atoms. The Labute approximate surface area is 105 Å².